The Morgan fingerprint density at radius 2 is 1.77 bits per heavy atom. The molecule has 1 aliphatic rings. The van der Waals surface area contributed by atoms with Gasteiger partial charge in [-0.25, -0.2) is 14.6 Å². The Labute approximate surface area is 255 Å². The van der Waals surface area contributed by atoms with Crippen LogP contribution in [-0.4, -0.2) is 37.3 Å². The lowest BCUT2D eigenvalue weighted by molar-refractivity contribution is -0.139. The third-order valence-electron chi connectivity index (χ3n) is 7.44. The van der Waals surface area contributed by atoms with E-state index in [0.29, 0.717) is 49.0 Å². The Hall–Kier alpha value is -5.22. The number of fused-ring (bicyclic) bond motifs is 2. The number of methoxy groups -OCH3 is 2. The van der Waals surface area contributed by atoms with Gasteiger partial charge >= 0.3 is 11.9 Å². The third-order valence-corrected chi connectivity index (χ3v) is 8.42. The van der Waals surface area contributed by atoms with E-state index in [2.05, 4.69) is 4.99 Å². The van der Waals surface area contributed by atoms with Crippen molar-refractivity contribution in [3.05, 3.63) is 121 Å². The van der Waals surface area contributed by atoms with Crippen molar-refractivity contribution in [2.75, 3.05) is 20.8 Å². The first-order chi connectivity index (χ1) is 21.4. The van der Waals surface area contributed by atoms with Gasteiger partial charge in [0.2, 0.25) is 0 Å². The zero-order chi connectivity index (χ0) is 31.0. The molecular formula is C34H28N2O7S. The number of allylic oxidation sites excluding steroid dienone is 1. The molecule has 0 spiro atoms. The van der Waals surface area contributed by atoms with Gasteiger partial charge in [0, 0.05) is 17.2 Å². The molecular weight excluding hydrogens is 580 g/mol. The van der Waals surface area contributed by atoms with Gasteiger partial charge in [-0.15, -0.1) is 0 Å². The molecule has 5 aromatic rings. The lowest BCUT2D eigenvalue weighted by Gasteiger charge is -2.27. The predicted molar refractivity (Wildman–Crippen MR) is 166 cm³/mol. The zero-order valence-electron chi connectivity index (χ0n) is 24.5. The molecule has 0 aliphatic carbocycles. The number of hydrogen-bond acceptors (Lipinski definition) is 9. The molecule has 1 aliphatic heterocycles. The molecule has 0 radical (unpaired) electrons. The van der Waals surface area contributed by atoms with E-state index in [1.54, 1.807) is 63.4 Å². The lowest BCUT2D eigenvalue weighted by atomic mass is 9.90. The molecule has 222 valence electrons. The van der Waals surface area contributed by atoms with Gasteiger partial charge in [-0.3, -0.25) is 9.36 Å². The Kier molecular flexibility index (Phi) is 7.75. The first kappa shape index (κ1) is 28.9. The number of benzene rings is 3. The van der Waals surface area contributed by atoms with Crippen LogP contribution in [0.4, 0.5) is 0 Å². The van der Waals surface area contributed by atoms with Crippen LogP contribution in [0.1, 0.15) is 41.6 Å². The van der Waals surface area contributed by atoms with Crippen LogP contribution in [0.3, 0.4) is 0 Å². The summed E-state index contributed by atoms with van der Waals surface area (Å²) in [7, 11) is 2.88. The number of hydrogen-bond donors (Lipinski definition) is 0. The van der Waals surface area contributed by atoms with E-state index >= 15 is 0 Å². The minimum Gasteiger partial charge on any atom is -0.496 e. The smallest absolute Gasteiger partial charge is 0.338 e. The molecule has 3 heterocycles. The number of carbonyl (C=O) groups is 2. The quantitative estimate of drug-likeness (QED) is 0.239. The number of rotatable bonds is 7. The molecule has 9 nitrogen and oxygen atoms in total. The summed E-state index contributed by atoms with van der Waals surface area (Å²) < 4.78 is 24.1. The fraction of sp³-hybridized carbons (Fsp3) is 0.176. The van der Waals surface area contributed by atoms with Gasteiger partial charge < -0.3 is 18.6 Å². The van der Waals surface area contributed by atoms with E-state index < -0.39 is 18.0 Å². The average Bonchev–Trinajstić information content (AvgIpc) is 3.63. The van der Waals surface area contributed by atoms with E-state index in [-0.39, 0.29) is 17.7 Å². The van der Waals surface area contributed by atoms with E-state index in [0.717, 1.165) is 10.8 Å². The van der Waals surface area contributed by atoms with Crippen molar-refractivity contribution < 1.29 is 28.2 Å². The number of esters is 2. The van der Waals surface area contributed by atoms with Gasteiger partial charge in [-0.2, -0.15) is 0 Å². The highest BCUT2D eigenvalue weighted by atomic mass is 32.1. The van der Waals surface area contributed by atoms with Crippen LogP contribution in [0, 0.1) is 0 Å². The van der Waals surface area contributed by atoms with Crippen molar-refractivity contribution in [1.29, 1.82) is 0 Å². The van der Waals surface area contributed by atoms with Crippen molar-refractivity contribution in [3.8, 4) is 17.1 Å². The van der Waals surface area contributed by atoms with Gasteiger partial charge in [0.15, 0.2) is 4.80 Å². The van der Waals surface area contributed by atoms with Crippen LogP contribution in [0.5, 0.6) is 5.75 Å². The number of aromatic nitrogens is 1. The highest BCUT2D eigenvalue weighted by molar-refractivity contribution is 7.07. The van der Waals surface area contributed by atoms with Crippen LogP contribution in [-0.2, 0) is 14.3 Å². The monoisotopic (exact) mass is 608 g/mol. The fourth-order valence-corrected chi connectivity index (χ4v) is 6.52. The van der Waals surface area contributed by atoms with Gasteiger partial charge in [-0.1, -0.05) is 59.9 Å². The summed E-state index contributed by atoms with van der Waals surface area (Å²) in [6, 6.07) is 21.1. The molecule has 0 saturated carbocycles. The molecule has 0 bridgehead atoms. The second-order valence-electron chi connectivity index (χ2n) is 9.94. The van der Waals surface area contributed by atoms with E-state index in [1.165, 1.54) is 23.0 Å². The Morgan fingerprint density at radius 1 is 1.00 bits per heavy atom. The first-order valence-electron chi connectivity index (χ1n) is 13.9. The van der Waals surface area contributed by atoms with Crippen molar-refractivity contribution in [1.82, 2.24) is 4.57 Å². The number of ether oxygens (including phenoxy) is 3. The SMILES string of the molecule is CCOC(=O)C1=C(C)N=c2s/c(=C/c3ccc(-c4ccccc4C(=O)OC)o3)c(=O)n2[C@H]1c1c(OC)ccc2ccccc12. The molecule has 1 atom stereocenters. The second-order valence-corrected chi connectivity index (χ2v) is 11.0. The molecule has 3 aromatic carbocycles. The van der Waals surface area contributed by atoms with Gasteiger partial charge in [0.1, 0.15) is 23.3 Å². The van der Waals surface area contributed by atoms with Gasteiger partial charge in [0.05, 0.1) is 42.2 Å². The van der Waals surface area contributed by atoms with Crippen molar-refractivity contribution in [2.45, 2.75) is 19.9 Å². The summed E-state index contributed by atoms with van der Waals surface area (Å²) in [5.41, 5.74) is 1.96. The zero-order valence-corrected chi connectivity index (χ0v) is 25.3. The average molecular weight is 609 g/mol. The van der Waals surface area contributed by atoms with Crippen LogP contribution in [0.2, 0.25) is 0 Å². The molecule has 0 saturated heterocycles. The maximum absolute atomic E-state index is 14.2. The Balaban J connectivity index is 1.55. The molecule has 0 N–H and O–H groups in total. The van der Waals surface area contributed by atoms with Crippen LogP contribution >= 0.6 is 11.3 Å². The first-order valence-corrected chi connectivity index (χ1v) is 14.7. The number of thiazole rings is 1. The van der Waals surface area contributed by atoms with E-state index in [1.807, 2.05) is 36.4 Å². The second kappa shape index (κ2) is 11.8. The minimum atomic E-state index is -0.854. The number of carbonyl (C=O) groups excluding carboxylic acids is 2. The minimum absolute atomic E-state index is 0.166. The molecule has 0 amide bonds. The van der Waals surface area contributed by atoms with Crippen LogP contribution in [0.25, 0.3) is 28.2 Å². The topological polar surface area (TPSA) is 109 Å². The van der Waals surface area contributed by atoms with E-state index in [4.69, 9.17) is 18.6 Å². The third kappa shape index (κ3) is 4.92. The Morgan fingerprint density at radius 3 is 2.55 bits per heavy atom. The summed E-state index contributed by atoms with van der Waals surface area (Å²) >= 11 is 1.19. The number of nitrogens with zero attached hydrogens (tertiary/aromatic N) is 2. The van der Waals surface area contributed by atoms with E-state index in [9.17, 15) is 14.4 Å². The highest BCUT2D eigenvalue weighted by Gasteiger charge is 2.36. The van der Waals surface area contributed by atoms with Crippen molar-refractivity contribution >= 4 is 40.1 Å². The molecule has 0 unspecified atom stereocenters. The predicted octanol–water partition coefficient (Wildman–Crippen LogP) is 5.01. The largest absolute Gasteiger partial charge is 0.496 e. The van der Waals surface area contributed by atoms with Gasteiger partial charge in [-0.05, 0) is 48.9 Å². The summed E-state index contributed by atoms with van der Waals surface area (Å²) in [6.07, 6.45) is 1.63. The van der Waals surface area contributed by atoms with Crippen LogP contribution in [0.15, 0.2) is 98.3 Å². The Bertz CT molecular complexity index is 2150. The summed E-state index contributed by atoms with van der Waals surface area (Å²) in [6.45, 7) is 3.64. The maximum atomic E-state index is 14.2. The molecule has 10 heteroatoms. The molecule has 0 fully saturated rings. The summed E-state index contributed by atoms with van der Waals surface area (Å²) in [5, 5.41) is 1.77. The number of furan rings is 1. The highest BCUT2D eigenvalue weighted by Crippen LogP contribution is 2.40. The summed E-state index contributed by atoms with van der Waals surface area (Å²) in [4.78, 5) is 45.0. The summed E-state index contributed by atoms with van der Waals surface area (Å²) in [5.74, 6) is 0.348. The maximum Gasteiger partial charge on any atom is 0.338 e. The fourth-order valence-electron chi connectivity index (χ4n) is 5.49. The van der Waals surface area contributed by atoms with Crippen molar-refractivity contribution in [3.63, 3.8) is 0 Å². The van der Waals surface area contributed by atoms with Crippen LogP contribution < -0.4 is 19.6 Å². The van der Waals surface area contributed by atoms with Gasteiger partial charge in [0.25, 0.3) is 5.56 Å². The van der Waals surface area contributed by atoms with Crippen molar-refractivity contribution in [2.24, 2.45) is 4.99 Å². The molecule has 2 aromatic heterocycles. The standard InChI is InChI=1S/C34H28N2O7S/c1-5-42-33(39)28-19(2)35-34-36(30(28)29-22-11-7-6-10-20(22)14-16-26(29)40-3)31(37)27(44-34)18-21-15-17-25(43-21)23-12-8-9-13-24(23)32(38)41-4/h6-18,30H,5H2,1-4H3/b27-18+/t30-/m1/s1. The molecule has 6 rings (SSSR count). The molecule has 44 heavy (non-hydrogen) atoms. The lowest BCUT2D eigenvalue weighted by Crippen LogP contribution is -2.40. The normalized spacial score (nSPS) is 14.7.